The summed E-state index contributed by atoms with van der Waals surface area (Å²) in [6.07, 6.45) is 1.52. The SMILES string of the molecule is C=CN=C(C)C(=C)C.CC. The van der Waals surface area contributed by atoms with Gasteiger partial charge in [-0.3, -0.25) is 4.99 Å². The molecular formula is C9H17N. The van der Waals surface area contributed by atoms with Crippen molar-refractivity contribution in [2.75, 3.05) is 0 Å². The minimum absolute atomic E-state index is 0.944. The standard InChI is InChI=1S/C7H11N.C2H6/c1-5-8-7(4)6(2)3;1-2/h5H,1-2H2,3-4H3;1-2H3. The van der Waals surface area contributed by atoms with E-state index < -0.39 is 0 Å². The van der Waals surface area contributed by atoms with E-state index in [4.69, 9.17) is 0 Å². The molecule has 0 bridgehead atoms. The van der Waals surface area contributed by atoms with Crippen molar-refractivity contribution in [1.29, 1.82) is 0 Å². The quantitative estimate of drug-likeness (QED) is 0.521. The van der Waals surface area contributed by atoms with Gasteiger partial charge in [-0.1, -0.05) is 27.0 Å². The molecule has 0 radical (unpaired) electrons. The second-order valence-electron chi connectivity index (χ2n) is 1.68. The van der Waals surface area contributed by atoms with Gasteiger partial charge in [-0.2, -0.15) is 0 Å². The zero-order valence-electron chi connectivity index (χ0n) is 7.44. The van der Waals surface area contributed by atoms with Gasteiger partial charge in [-0.15, -0.1) is 0 Å². The molecule has 0 aromatic rings. The third-order valence-corrected chi connectivity index (χ3v) is 0.903. The molecule has 0 heterocycles. The van der Waals surface area contributed by atoms with Crippen molar-refractivity contribution in [2.24, 2.45) is 4.99 Å². The summed E-state index contributed by atoms with van der Waals surface area (Å²) in [6, 6.07) is 0. The fraction of sp³-hybridized carbons (Fsp3) is 0.444. The Morgan fingerprint density at radius 3 is 1.80 bits per heavy atom. The normalized spacial score (nSPS) is 9.40. The van der Waals surface area contributed by atoms with Gasteiger partial charge in [0.15, 0.2) is 0 Å². The molecule has 0 atom stereocenters. The second-order valence-corrected chi connectivity index (χ2v) is 1.68. The number of aliphatic imine (C=N–C) groups is 1. The molecule has 1 heteroatoms. The summed E-state index contributed by atoms with van der Waals surface area (Å²) in [7, 11) is 0. The summed E-state index contributed by atoms with van der Waals surface area (Å²) in [5, 5.41) is 0. The van der Waals surface area contributed by atoms with Gasteiger partial charge in [0, 0.05) is 11.9 Å². The van der Waals surface area contributed by atoms with Crippen molar-refractivity contribution in [3.8, 4) is 0 Å². The Kier molecular flexibility index (Phi) is 9.69. The second kappa shape index (κ2) is 8.15. The van der Waals surface area contributed by atoms with Gasteiger partial charge < -0.3 is 0 Å². The number of hydrogen-bond acceptors (Lipinski definition) is 1. The lowest BCUT2D eigenvalue weighted by Gasteiger charge is -1.91. The number of rotatable bonds is 2. The highest BCUT2D eigenvalue weighted by atomic mass is 14.7. The summed E-state index contributed by atoms with van der Waals surface area (Å²) in [6.45, 7) is 15.0. The molecule has 0 amide bonds. The summed E-state index contributed by atoms with van der Waals surface area (Å²) in [4.78, 5) is 3.91. The highest BCUT2D eigenvalue weighted by molar-refractivity contribution is 5.97. The maximum atomic E-state index is 3.91. The first-order chi connectivity index (χ1) is 4.68. The molecule has 0 spiro atoms. The summed E-state index contributed by atoms with van der Waals surface area (Å²) in [5.41, 5.74) is 1.94. The molecule has 0 aliphatic heterocycles. The molecule has 0 rings (SSSR count). The van der Waals surface area contributed by atoms with E-state index in [1.807, 2.05) is 27.7 Å². The zero-order chi connectivity index (χ0) is 8.57. The Bertz CT molecular complexity index is 132. The lowest BCUT2D eigenvalue weighted by Crippen LogP contribution is -1.88. The van der Waals surface area contributed by atoms with E-state index in [9.17, 15) is 0 Å². The van der Waals surface area contributed by atoms with E-state index in [0.717, 1.165) is 11.3 Å². The first-order valence-corrected chi connectivity index (χ1v) is 3.49. The molecule has 0 aliphatic carbocycles. The maximum Gasteiger partial charge on any atom is 0.0395 e. The van der Waals surface area contributed by atoms with Crippen molar-refractivity contribution in [2.45, 2.75) is 27.7 Å². The molecule has 0 fully saturated rings. The average molecular weight is 139 g/mol. The fourth-order valence-corrected chi connectivity index (χ4v) is 0.247. The van der Waals surface area contributed by atoms with Crippen LogP contribution in [0.25, 0.3) is 0 Å². The number of hydrogen-bond donors (Lipinski definition) is 0. The molecule has 0 aromatic heterocycles. The van der Waals surface area contributed by atoms with Crippen LogP contribution in [0.1, 0.15) is 27.7 Å². The predicted octanol–water partition coefficient (Wildman–Crippen LogP) is 3.19. The molecule has 0 aliphatic rings. The number of allylic oxidation sites excluding steroid dienone is 1. The molecule has 10 heavy (non-hydrogen) atoms. The summed E-state index contributed by atoms with van der Waals surface area (Å²) < 4.78 is 0. The van der Waals surface area contributed by atoms with Gasteiger partial charge >= 0.3 is 0 Å². The van der Waals surface area contributed by atoms with E-state index in [2.05, 4.69) is 18.2 Å². The third-order valence-electron chi connectivity index (χ3n) is 0.903. The molecule has 1 nitrogen and oxygen atoms in total. The van der Waals surface area contributed by atoms with E-state index in [0.29, 0.717) is 0 Å². The molecule has 0 unspecified atom stereocenters. The summed E-state index contributed by atoms with van der Waals surface area (Å²) in [5.74, 6) is 0. The largest absolute Gasteiger partial charge is 0.262 e. The molecule has 0 N–H and O–H groups in total. The van der Waals surface area contributed by atoms with Gasteiger partial charge in [0.2, 0.25) is 0 Å². The van der Waals surface area contributed by atoms with Crippen molar-refractivity contribution >= 4 is 5.71 Å². The van der Waals surface area contributed by atoms with Crippen molar-refractivity contribution in [3.05, 3.63) is 24.9 Å². The first-order valence-electron chi connectivity index (χ1n) is 3.49. The van der Waals surface area contributed by atoms with Crippen LogP contribution < -0.4 is 0 Å². The van der Waals surface area contributed by atoms with Gasteiger partial charge in [0.05, 0.1) is 0 Å². The van der Waals surface area contributed by atoms with Crippen LogP contribution in [0.15, 0.2) is 29.9 Å². The lowest BCUT2D eigenvalue weighted by atomic mass is 10.2. The topological polar surface area (TPSA) is 12.4 Å². The van der Waals surface area contributed by atoms with E-state index >= 15 is 0 Å². The third kappa shape index (κ3) is 7.15. The minimum atomic E-state index is 0.944. The Labute approximate surface area is 64.2 Å². The van der Waals surface area contributed by atoms with Gasteiger partial charge in [0.25, 0.3) is 0 Å². The lowest BCUT2D eigenvalue weighted by molar-refractivity contribution is 1.48. The Balaban J connectivity index is 0. The van der Waals surface area contributed by atoms with Crippen molar-refractivity contribution in [1.82, 2.24) is 0 Å². The Hall–Kier alpha value is -0.850. The van der Waals surface area contributed by atoms with Crippen LogP contribution in [0.2, 0.25) is 0 Å². The fourth-order valence-electron chi connectivity index (χ4n) is 0.247. The smallest absolute Gasteiger partial charge is 0.0395 e. The van der Waals surface area contributed by atoms with E-state index in [1.54, 1.807) is 0 Å². The van der Waals surface area contributed by atoms with Gasteiger partial charge in [-0.05, 0) is 19.4 Å². The van der Waals surface area contributed by atoms with Crippen LogP contribution in [0, 0.1) is 0 Å². The molecule has 0 saturated carbocycles. The summed E-state index contributed by atoms with van der Waals surface area (Å²) >= 11 is 0. The van der Waals surface area contributed by atoms with Crippen LogP contribution in [0.3, 0.4) is 0 Å². The zero-order valence-corrected chi connectivity index (χ0v) is 7.44. The molecular weight excluding hydrogens is 122 g/mol. The van der Waals surface area contributed by atoms with Crippen LogP contribution in [0.5, 0.6) is 0 Å². The first kappa shape index (κ1) is 11.9. The highest BCUT2D eigenvalue weighted by Crippen LogP contribution is 1.90. The van der Waals surface area contributed by atoms with Crippen LogP contribution in [-0.4, -0.2) is 5.71 Å². The monoisotopic (exact) mass is 139 g/mol. The molecule has 0 aromatic carbocycles. The predicted molar refractivity (Wildman–Crippen MR) is 49.5 cm³/mol. The van der Waals surface area contributed by atoms with Crippen molar-refractivity contribution < 1.29 is 0 Å². The Morgan fingerprint density at radius 1 is 1.30 bits per heavy atom. The Morgan fingerprint density at radius 2 is 1.70 bits per heavy atom. The minimum Gasteiger partial charge on any atom is -0.262 e. The van der Waals surface area contributed by atoms with Gasteiger partial charge in [-0.25, -0.2) is 0 Å². The van der Waals surface area contributed by atoms with Crippen LogP contribution >= 0.6 is 0 Å². The number of nitrogens with zero attached hydrogens (tertiary/aromatic N) is 1. The average Bonchev–Trinajstić information content (AvgIpc) is 1.93. The molecule has 0 saturated heterocycles. The van der Waals surface area contributed by atoms with Gasteiger partial charge in [0.1, 0.15) is 0 Å². The highest BCUT2D eigenvalue weighted by Gasteiger charge is 1.84. The van der Waals surface area contributed by atoms with Crippen LogP contribution in [0.4, 0.5) is 0 Å². The van der Waals surface area contributed by atoms with E-state index in [-0.39, 0.29) is 0 Å². The van der Waals surface area contributed by atoms with Crippen molar-refractivity contribution in [3.63, 3.8) is 0 Å². The van der Waals surface area contributed by atoms with Crippen LogP contribution in [-0.2, 0) is 0 Å². The maximum absolute atomic E-state index is 3.91. The molecule has 58 valence electrons. The van der Waals surface area contributed by atoms with E-state index in [1.165, 1.54) is 6.20 Å².